The molecule has 1 aliphatic rings. The Balaban J connectivity index is 1.66. The van der Waals surface area contributed by atoms with Gasteiger partial charge >= 0.3 is 0 Å². The number of anilines is 2. The highest BCUT2D eigenvalue weighted by atomic mass is 16.5. The Morgan fingerprint density at radius 1 is 1.00 bits per heavy atom. The van der Waals surface area contributed by atoms with Gasteiger partial charge in [-0.15, -0.1) is 0 Å². The summed E-state index contributed by atoms with van der Waals surface area (Å²) in [5.41, 5.74) is 1.58. The second-order valence-electron chi connectivity index (χ2n) is 5.51. The number of hydrogen-bond donors (Lipinski definition) is 3. The van der Waals surface area contributed by atoms with Crippen molar-refractivity contribution >= 4 is 29.1 Å². The molecule has 0 saturated heterocycles. The lowest BCUT2D eigenvalue weighted by Crippen LogP contribution is -2.22. The predicted octanol–water partition coefficient (Wildman–Crippen LogP) is 1.64. The third-order valence-corrected chi connectivity index (χ3v) is 3.87. The Hall–Kier alpha value is -3.55. The largest absolute Gasteiger partial charge is 0.497 e. The summed E-state index contributed by atoms with van der Waals surface area (Å²) in [5.74, 6) is -0.0242. The SMILES string of the molecule is COc1ccc(OC)c(NCC(=O)Nc2ccc3c(c2)C(=O)NC3=O)c1. The highest BCUT2D eigenvalue weighted by molar-refractivity contribution is 6.22. The Morgan fingerprint density at radius 3 is 2.50 bits per heavy atom. The zero-order valence-corrected chi connectivity index (χ0v) is 14.2. The van der Waals surface area contributed by atoms with E-state index in [9.17, 15) is 14.4 Å². The molecule has 3 N–H and O–H groups in total. The van der Waals surface area contributed by atoms with Crippen LogP contribution in [0.4, 0.5) is 11.4 Å². The van der Waals surface area contributed by atoms with Crippen molar-refractivity contribution < 1.29 is 23.9 Å². The molecule has 0 unspecified atom stereocenters. The van der Waals surface area contributed by atoms with E-state index >= 15 is 0 Å². The number of amides is 3. The Morgan fingerprint density at radius 2 is 1.77 bits per heavy atom. The van der Waals surface area contributed by atoms with Gasteiger partial charge in [0, 0.05) is 11.8 Å². The molecular formula is C18H17N3O5. The van der Waals surface area contributed by atoms with E-state index in [0.29, 0.717) is 28.4 Å². The van der Waals surface area contributed by atoms with Crippen LogP contribution in [0, 0.1) is 0 Å². The fourth-order valence-corrected chi connectivity index (χ4v) is 2.58. The minimum absolute atomic E-state index is 0.0221. The lowest BCUT2D eigenvalue weighted by Gasteiger charge is -2.13. The van der Waals surface area contributed by atoms with E-state index in [1.165, 1.54) is 19.2 Å². The highest BCUT2D eigenvalue weighted by Crippen LogP contribution is 2.28. The zero-order chi connectivity index (χ0) is 18.7. The highest BCUT2D eigenvalue weighted by Gasteiger charge is 2.26. The molecule has 26 heavy (non-hydrogen) atoms. The number of hydrogen-bond acceptors (Lipinski definition) is 6. The van der Waals surface area contributed by atoms with E-state index in [1.807, 2.05) is 0 Å². The number of imide groups is 1. The van der Waals surface area contributed by atoms with Gasteiger partial charge in [0.1, 0.15) is 11.5 Å². The van der Waals surface area contributed by atoms with Crippen molar-refractivity contribution in [2.75, 3.05) is 31.4 Å². The molecule has 0 bridgehead atoms. The van der Waals surface area contributed by atoms with Crippen molar-refractivity contribution in [2.45, 2.75) is 0 Å². The van der Waals surface area contributed by atoms with Crippen molar-refractivity contribution in [3.63, 3.8) is 0 Å². The number of carbonyl (C=O) groups is 3. The molecule has 134 valence electrons. The molecule has 2 aromatic carbocycles. The topological polar surface area (TPSA) is 106 Å². The zero-order valence-electron chi connectivity index (χ0n) is 14.2. The van der Waals surface area contributed by atoms with Crippen LogP contribution < -0.4 is 25.4 Å². The average Bonchev–Trinajstić information content (AvgIpc) is 2.93. The van der Waals surface area contributed by atoms with Gasteiger partial charge in [0.2, 0.25) is 5.91 Å². The van der Waals surface area contributed by atoms with Crippen LogP contribution in [0.3, 0.4) is 0 Å². The lowest BCUT2D eigenvalue weighted by molar-refractivity contribution is -0.114. The molecule has 0 saturated carbocycles. The summed E-state index contributed by atoms with van der Waals surface area (Å²) in [6.07, 6.45) is 0. The van der Waals surface area contributed by atoms with Gasteiger partial charge in [-0.05, 0) is 30.3 Å². The van der Waals surface area contributed by atoms with Gasteiger partial charge in [0.25, 0.3) is 11.8 Å². The number of methoxy groups -OCH3 is 2. The van der Waals surface area contributed by atoms with E-state index < -0.39 is 11.8 Å². The van der Waals surface area contributed by atoms with Crippen molar-refractivity contribution in [3.8, 4) is 11.5 Å². The first kappa shape index (κ1) is 17.3. The van der Waals surface area contributed by atoms with Crippen molar-refractivity contribution in [2.24, 2.45) is 0 Å². The molecule has 3 amide bonds. The number of carbonyl (C=O) groups excluding carboxylic acids is 3. The quantitative estimate of drug-likeness (QED) is 0.680. The summed E-state index contributed by atoms with van der Waals surface area (Å²) in [5, 5.41) is 7.86. The van der Waals surface area contributed by atoms with Crippen LogP contribution in [0.2, 0.25) is 0 Å². The second kappa shape index (κ2) is 7.14. The van der Waals surface area contributed by atoms with Gasteiger partial charge in [-0.2, -0.15) is 0 Å². The van der Waals surface area contributed by atoms with Crippen molar-refractivity contribution in [3.05, 3.63) is 47.5 Å². The van der Waals surface area contributed by atoms with E-state index in [-0.39, 0.29) is 18.0 Å². The molecular weight excluding hydrogens is 338 g/mol. The second-order valence-corrected chi connectivity index (χ2v) is 5.51. The maximum absolute atomic E-state index is 12.2. The van der Waals surface area contributed by atoms with Crippen LogP contribution in [-0.2, 0) is 4.79 Å². The summed E-state index contributed by atoms with van der Waals surface area (Å²) >= 11 is 0. The minimum Gasteiger partial charge on any atom is -0.497 e. The van der Waals surface area contributed by atoms with Gasteiger partial charge in [-0.25, -0.2) is 0 Å². The maximum Gasteiger partial charge on any atom is 0.259 e. The minimum atomic E-state index is -0.472. The molecule has 3 rings (SSSR count). The molecule has 8 nitrogen and oxygen atoms in total. The van der Waals surface area contributed by atoms with Crippen molar-refractivity contribution in [1.29, 1.82) is 0 Å². The normalized spacial score (nSPS) is 12.2. The van der Waals surface area contributed by atoms with Crippen LogP contribution in [0.5, 0.6) is 11.5 Å². The van der Waals surface area contributed by atoms with Gasteiger partial charge in [-0.3, -0.25) is 19.7 Å². The molecule has 0 aromatic heterocycles. The molecule has 0 spiro atoms. The van der Waals surface area contributed by atoms with Crippen molar-refractivity contribution in [1.82, 2.24) is 5.32 Å². The van der Waals surface area contributed by atoms with Gasteiger partial charge in [-0.1, -0.05) is 0 Å². The van der Waals surface area contributed by atoms with Gasteiger partial charge in [0.05, 0.1) is 37.6 Å². The van der Waals surface area contributed by atoms with Crippen LogP contribution in [0.25, 0.3) is 0 Å². The van der Waals surface area contributed by atoms with Crippen LogP contribution >= 0.6 is 0 Å². The molecule has 0 aliphatic carbocycles. The fourth-order valence-electron chi connectivity index (χ4n) is 2.58. The molecule has 8 heteroatoms. The first-order valence-corrected chi connectivity index (χ1v) is 7.77. The molecule has 1 aliphatic heterocycles. The molecule has 2 aromatic rings. The Bertz CT molecular complexity index is 894. The van der Waals surface area contributed by atoms with Gasteiger partial charge in [0.15, 0.2) is 0 Å². The summed E-state index contributed by atoms with van der Waals surface area (Å²) in [6.45, 7) is -0.0221. The van der Waals surface area contributed by atoms with Crippen LogP contribution in [-0.4, -0.2) is 38.5 Å². The van der Waals surface area contributed by atoms with E-state index in [0.717, 1.165) is 0 Å². The van der Waals surface area contributed by atoms with Crippen LogP contribution in [0.15, 0.2) is 36.4 Å². The van der Waals surface area contributed by atoms with Gasteiger partial charge < -0.3 is 20.1 Å². The maximum atomic E-state index is 12.2. The summed E-state index contributed by atoms with van der Waals surface area (Å²) in [7, 11) is 3.08. The van der Waals surface area contributed by atoms with E-state index in [4.69, 9.17) is 9.47 Å². The smallest absolute Gasteiger partial charge is 0.259 e. The standard InChI is InChI=1S/C18H17N3O5/c1-25-11-4-6-15(26-2)14(8-11)19-9-16(22)20-10-3-5-12-13(7-10)18(24)21-17(12)23/h3-8,19H,9H2,1-2H3,(H,20,22)(H,21,23,24). The lowest BCUT2D eigenvalue weighted by atomic mass is 10.1. The molecule has 0 atom stereocenters. The van der Waals surface area contributed by atoms with E-state index in [1.54, 1.807) is 31.4 Å². The number of fused-ring (bicyclic) bond motifs is 1. The number of rotatable bonds is 6. The predicted molar refractivity (Wildman–Crippen MR) is 94.9 cm³/mol. The third-order valence-electron chi connectivity index (χ3n) is 3.87. The third kappa shape index (κ3) is 3.44. The fraction of sp³-hybridized carbons (Fsp3) is 0.167. The Kier molecular flexibility index (Phi) is 4.74. The number of nitrogens with one attached hydrogen (secondary N) is 3. The molecule has 1 heterocycles. The average molecular weight is 355 g/mol. The first-order chi connectivity index (χ1) is 12.5. The molecule has 0 radical (unpaired) electrons. The number of ether oxygens (including phenoxy) is 2. The molecule has 0 fully saturated rings. The summed E-state index contributed by atoms with van der Waals surface area (Å²) in [6, 6.07) is 9.75. The Labute approximate surface area is 149 Å². The van der Waals surface area contributed by atoms with Crippen LogP contribution in [0.1, 0.15) is 20.7 Å². The van der Waals surface area contributed by atoms with E-state index in [2.05, 4.69) is 16.0 Å². The summed E-state index contributed by atoms with van der Waals surface area (Å²) in [4.78, 5) is 35.4. The summed E-state index contributed by atoms with van der Waals surface area (Å²) < 4.78 is 10.4. The first-order valence-electron chi connectivity index (χ1n) is 7.77. The number of benzene rings is 2. The monoisotopic (exact) mass is 355 g/mol.